The lowest BCUT2D eigenvalue weighted by Gasteiger charge is -2.26. The largest absolute Gasteiger partial charge is 0.376 e. The van der Waals surface area contributed by atoms with Gasteiger partial charge < -0.3 is 15.1 Å². The van der Waals surface area contributed by atoms with E-state index in [2.05, 4.69) is 29.0 Å². The molecule has 1 aliphatic heterocycles. The highest BCUT2D eigenvalue weighted by atomic mass is 32.2. The molecule has 174 valence electrons. The highest BCUT2D eigenvalue weighted by Gasteiger charge is 2.27. The Labute approximate surface area is 191 Å². The average molecular weight is 460 g/mol. The summed E-state index contributed by atoms with van der Waals surface area (Å²) in [5, 5.41) is 2.88. The molecule has 0 spiro atoms. The maximum atomic E-state index is 13.1. The summed E-state index contributed by atoms with van der Waals surface area (Å²) < 4.78 is 27.8. The monoisotopic (exact) mass is 459 g/mol. The van der Waals surface area contributed by atoms with Crippen LogP contribution >= 0.6 is 0 Å². The van der Waals surface area contributed by atoms with E-state index in [9.17, 15) is 13.2 Å². The van der Waals surface area contributed by atoms with Crippen molar-refractivity contribution in [1.29, 1.82) is 0 Å². The fraction of sp³-hybridized carbons (Fsp3) is 0.478. The lowest BCUT2D eigenvalue weighted by Crippen LogP contribution is -2.35. The quantitative estimate of drug-likeness (QED) is 0.651. The van der Waals surface area contributed by atoms with E-state index in [4.69, 9.17) is 0 Å². The molecule has 0 radical (unpaired) electrons. The zero-order valence-electron chi connectivity index (χ0n) is 19.3. The molecule has 1 amide bonds. The highest BCUT2D eigenvalue weighted by molar-refractivity contribution is 7.89. The average Bonchev–Trinajstić information content (AvgIpc) is 2.80. The van der Waals surface area contributed by atoms with Gasteiger partial charge >= 0.3 is 0 Å². The maximum Gasteiger partial charge on any atom is 0.257 e. The lowest BCUT2D eigenvalue weighted by molar-refractivity contribution is 0.102. The first-order valence-electron chi connectivity index (χ1n) is 11.1. The van der Waals surface area contributed by atoms with Gasteiger partial charge in [0.2, 0.25) is 10.0 Å². The molecule has 0 aliphatic carbocycles. The van der Waals surface area contributed by atoms with Gasteiger partial charge in [0.05, 0.1) is 21.8 Å². The SMILES string of the molecule is CCN(CC)c1ccc(C(=O)Nc2cc(S(=O)(=O)N3CCCCC3)ccc2N(C)C)cn1. The fourth-order valence-electron chi connectivity index (χ4n) is 3.87. The Hall–Kier alpha value is -2.65. The molecule has 3 rings (SSSR count). The van der Waals surface area contributed by atoms with E-state index in [1.54, 1.807) is 30.5 Å². The molecule has 1 N–H and O–H groups in total. The number of benzene rings is 1. The number of carbonyl (C=O) groups is 1. The van der Waals surface area contributed by atoms with Gasteiger partial charge in [0.15, 0.2) is 0 Å². The highest BCUT2D eigenvalue weighted by Crippen LogP contribution is 2.30. The minimum atomic E-state index is -3.60. The number of nitrogens with one attached hydrogen (secondary N) is 1. The van der Waals surface area contributed by atoms with Crippen LogP contribution in [0.2, 0.25) is 0 Å². The Kier molecular flexibility index (Phi) is 7.73. The number of pyridine rings is 1. The van der Waals surface area contributed by atoms with Crippen molar-refractivity contribution in [3.8, 4) is 0 Å². The third-order valence-electron chi connectivity index (χ3n) is 5.75. The molecule has 2 heterocycles. The van der Waals surface area contributed by atoms with Gasteiger partial charge in [-0.2, -0.15) is 4.31 Å². The van der Waals surface area contributed by atoms with E-state index >= 15 is 0 Å². The van der Waals surface area contributed by atoms with Gasteiger partial charge in [-0.3, -0.25) is 4.79 Å². The molecule has 8 nitrogen and oxygen atoms in total. The fourth-order valence-corrected chi connectivity index (χ4v) is 5.41. The van der Waals surface area contributed by atoms with Crippen LogP contribution in [-0.4, -0.2) is 63.9 Å². The van der Waals surface area contributed by atoms with Crippen molar-refractivity contribution in [1.82, 2.24) is 9.29 Å². The number of piperidine rings is 1. The van der Waals surface area contributed by atoms with Crippen LogP contribution in [0.25, 0.3) is 0 Å². The Morgan fingerprint density at radius 2 is 1.75 bits per heavy atom. The molecule has 1 aromatic carbocycles. The first kappa shape index (κ1) is 24.0. The summed E-state index contributed by atoms with van der Waals surface area (Å²) in [4.78, 5) is 21.5. The van der Waals surface area contributed by atoms with Crippen LogP contribution in [0.15, 0.2) is 41.4 Å². The summed E-state index contributed by atoms with van der Waals surface area (Å²) in [7, 11) is 0.100. The second kappa shape index (κ2) is 10.3. The summed E-state index contributed by atoms with van der Waals surface area (Å²) in [5.74, 6) is 0.481. The van der Waals surface area contributed by atoms with Crippen LogP contribution in [-0.2, 0) is 10.0 Å². The van der Waals surface area contributed by atoms with Crippen molar-refractivity contribution in [2.75, 3.05) is 55.4 Å². The van der Waals surface area contributed by atoms with E-state index < -0.39 is 10.0 Å². The Morgan fingerprint density at radius 1 is 1.06 bits per heavy atom. The molecule has 2 aromatic rings. The second-order valence-corrected chi connectivity index (χ2v) is 10.0. The molecular formula is C23H33N5O3S. The van der Waals surface area contributed by atoms with Gasteiger partial charge in [-0.1, -0.05) is 6.42 Å². The molecule has 1 aliphatic rings. The standard InChI is InChI=1S/C23H33N5O3S/c1-5-27(6-2)22-13-10-18(17-24-22)23(29)25-20-16-19(11-12-21(20)26(3)4)32(30,31)28-14-8-7-9-15-28/h10-13,16-17H,5-9,14-15H2,1-4H3,(H,25,29). The van der Waals surface area contributed by atoms with Gasteiger partial charge in [-0.05, 0) is 57.0 Å². The van der Waals surface area contributed by atoms with Crippen molar-refractivity contribution >= 4 is 33.1 Å². The van der Waals surface area contributed by atoms with E-state index in [1.165, 1.54) is 4.31 Å². The Balaban J connectivity index is 1.87. The predicted octanol–water partition coefficient (Wildman–Crippen LogP) is 3.42. The molecule has 32 heavy (non-hydrogen) atoms. The molecule has 1 aromatic heterocycles. The number of sulfonamides is 1. The molecule has 0 bridgehead atoms. The second-order valence-electron chi connectivity index (χ2n) is 8.07. The molecule has 1 saturated heterocycles. The summed E-state index contributed by atoms with van der Waals surface area (Å²) in [5.41, 5.74) is 1.59. The van der Waals surface area contributed by atoms with E-state index in [-0.39, 0.29) is 10.8 Å². The van der Waals surface area contributed by atoms with Crippen LogP contribution in [0.5, 0.6) is 0 Å². The van der Waals surface area contributed by atoms with E-state index in [1.807, 2.05) is 25.1 Å². The van der Waals surface area contributed by atoms with Crippen LogP contribution in [0.4, 0.5) is 17.2 Å². The molecule has 1 fully saturated rings. The molecular weight excluding hydrogens is 426 g/mol. The van der Waals surface area contributed by atoms with Gasteiger partial charge in [-0.15, -0.1) is 0 Å². The summed E-state index contributed by atoms with van der Waals surface area (Å²) in [6.07, 6.45) is 4.34. The Morgan fingerprint density at radius 3 is 2.31 bits per heavy atom. The topological polar surface area (TPSA) is 85.8 Å². The number of rotatable bonds is 8. The zero-order chi connectivity index (χ0) is 23.3. The maximum absolute atomic E-state index is 13.1. The van der Waals surface area contributed by atoms with Gasteiger partial charge in [0.1, 0.15) is 5.82 Å². The van der Waals surface area contributed by atoms with Crippen molar-refractivity contribution < 1.29 is 13.2 Å². The number of nitrogens with zero attached hydrogens (tertiary/aromatic N) is 4. The van der Waals surface area contributed by atoms with E-state index in [0.29, 0.717) is 24.3 Å². The summed E-state index contributed by atoms with van der Waals surface area (Å²) in [6.45, 7) is 6.84. The number of anilines is 3. The minimum absolute atomic E-state index is 0.190. The van der Waals surface area contributed by atoms with Crippen LogP contribution in [0, 0.1) is 0 Å². The molecule has 0 unspecified atom stereocenters. The summed E-state index contributed by atoms with van der Waals surface area (Å²) >= 11 is 0. The van der Waals surface area contributed by atoms with Crippen LogP contribution in [0.3, 0.4) is 0 Å². The first-order valence-corrected chi connectivity index (χ1v) is 12.6. The molecule has 9 heteroatoms. The van der Waals surface area contributed by atoms with Crippen molar-refractivity contribution in [3.05, 3.63) is 42.1 Å². The number of carbonyl (C=O) groups excluding carboxylic acids is 1. The van der Waals surface area contributed by atoms with Gasteiger partial charge in [0.25, 0.3) is 5.91 Å². The number of hydrogen-bond donors (Lipinski definition) is 1. The van der Waals surface area contributed by atoms with Crippen molar-refractivity contribution in [2.24, 2.45) is 0 Å². The van der Waals surface area contributed by atoms with E-state index in [0.717, 1.165) is 43.9 Å². The van der Waals surface area contributed by atoms with Gasteiger partial charge in [-0.25, -0.2) is 13.4 Å². The number of aromatic nitrogens is 1. The molecule has 0 saturated carbocycles. The normalized spacial score (nSPS) is 14.8. The van der Waals surface area contributed by atoms with Crippen LogP contribution in [0.1, 0.15) is 43.5 Å². The third kappa shape index (κ3) is 5.21. The minimum Gasteiger partial charge on any atom is -0.376 e. The zero-order valence-corrected chi connectivity index (χ0v) is 20.2. The summed E-state index contributed by atoms with van der Waals surface area (Å²) in [6, 6.07) is 8.45. The lowest BCUT2D eigenvalue weighted by atomic mass is 10.2. The van der Waals surface area contributed by atoms with Gasteiger partial charge in [0, 0.05) is 46.5 Å². The smallest absolute Gasteiger partial charge is 0.257 e. The Bertz CT molecular complexity index is 1030. The number of hydrogen-bond acceptors (Lipinski definition) is 6. The predicted molar refractivity (Wildman–Crippen MR) is 129 cm³/mol. The first-order chi connectivity index (χ1) is 15.3. The number of amides is 1. The third-order valence-corrected chi connectivity index (χ3v) is 7.64. The van der Waals surface area contributed by atoms with Crippen molar-refractivity contribution in [2.45, 2.75) is 38.0 Å². The molecule has 0 atom stereocenters. The van der Waals surface area contributed by atoms with Crippen molar-refractivity contribution in [3.63, 3.8) is 0 Å². The van der Waals surface area contributed by atoms with Crippen LogP contribution < -0.4 is 15.1 Å².